The number of aromatic nitrogens is 5. The highest BCUT2D eigenvalue weighted by molar-refractivity contribution is 5.90. The summed E-state index contributed by atoms with van der Waals surface area (Å²) in [6, 6.07) is 14.1. The number of ether oxygens (including phenoxy) is 4. The van der Waals surface area contributed by atoms with Gasteiger partial charge < -0.3 is 49.3 Å². The highest BCUT2D eigenvalue weighted by atomic mass is 16.7. The standard InChI is InChI=1S/C47H57N9O8.2H2/c1-25(2)39(53-45(59)61-5)43(57)55-24-47(63-17-18-64-47)22-38(55)42-50-32-15-12-28(20-34(32)51-42)27-11-14-31-29(19-27)13-16-33(49-31)35-23-48-41(52-35)37-21-30-9-7-8-10-36(30)56(37)44(58)40(26(3)4)54-46(60)62-6;;/h11-16,19-20,23,25-26,30,36-40H,7-10,17-18,21-22,24H2,1-6H3,(H,48,52)(H,50,51)(H,53,59)(H,54,60);2*1H/t30?,36?,37?,38?,39-,40-;;/m0../s1. The Hall–Kier alpha value is -6.07. The van der Waals surface area contributed by atoms with Crippen molar-refractivity contribution in [2.24, 2.45) is 17.8 Å². The first kappa shape index (κ1) is 43.2. The van der Waals surface area contributed by atoms with Crippen molar-refractivity contribution in [3.8, 4) is 22.5 Å². The minimum absolute atomic E-state index is 0. The van der Waals surface area contributed by atoms with Gasteiger partial charge in [-0.05, 0) is 78.5 Å². The third kappa shape index (κ3) is 8.15. The van der Waals surface area contributed by atoms with Crippen LogP contribution in [0.25, 0.3) is 44.5 Å². The van der Waals surface area contributed by atoms with Crippen molar-refractivity contribution in [2.75, 3.05) is 34.0 Å². The van der Waals surface area contributed by atoms with E-state index in [1.54, 1.807) is 11.1 Å². The lowest BCUT2D eigenvalue weighted by molar-refractivity contribution is -0.153. The molecule has 4 fully saturated rings. The molecule has 9 rings (SSSR count). The van der Waals surface area contributed by atoms with Crippen molar-refractivity contribution in [2.45, 2.75) is 102 Å². The summed E-state index contributed by atoms with van der Waals surface area (Å²) in [6.45, 7) is 8.68. The van der Waals surface area contributed by atoms with Crippen LogP contribution >= 0.6 is 0 Å². The number of rotatable bonds is 10. The number of methoxy groups -OCH3 is 2. The van der Waals surface area contributed by atoms with Gasteiger partial charge in [0.1, 0.15) is 23.7 Å². The van der Waals surface area contributed by atoms with E-state index in [0.29, 0.717) is 31.4 Å². The van der Waals surface area contributed by atoms with Gasteiger partial charge in [-0.1, -0.05) is 58.7 Å². The zero-order valence-electron chi connectivity index (χ0n) is 37.2. The fourth-order valence-electron chi connectivity index (χ4n) is 10.2. The monoisotopic (exact) mass is 879 g/mol. The van der Waals surface area contributed by atoms with Crippen molar-refractivity contribution in [1.82, 2.24) is 45.4 Å². The Morgan fingerprint density at radius 2 is 1.47 bits per heavy atom. The number of nitrogens with one attached hydrogen (secondary N) is 4. The van der Waals surface area contributed by atoms with E-state index in [9.17, 15) is 19.2 Å². The zero-order valence-corrected chi connectivity index (χ0v) is 37.2. The molecule has 1 saturated carbocycles. The van der Waals surface area contributed by atoms with E-state index in [0.717, 1.165) is 82.4 Å². The molecule has 3 aromatic heterocycles. The van der Waals surface area contributed by atoms with Crippen LogP contribution in [0, 0.1) is 17.8 Å². The molecule has 64 heavy (non-hydrogen) atoms. The summed E-state index contributed by atoms with van der Waals surface area (Å²) in [6.07, 6.45) is 5.89. The fraction of sp³-hybridized carbons (Fsp3) is 0.511. The topological polar surface area (TPSA) is 206 Å². The second-order valence-electron chi connectivity index (χ2n) is 18.3. The van der Waals surface area contributed by atoms with Gasteiger partial charge in [-0.3, -0.25) is 9.59 Å². The number of carbonyl (C=O) groups is 4. The van der Waals surface area contributed by atoms with Crippen molar-refractivity contribution < 1.29 is 41.0 Å². The molecule has 0 radical (unpaired) electrons. The predicted octanol–water partition coefficient (Wildman–Crippen LogP) is 7.27. The lowest BCUT2D eigenvalue weighted by Gasteiger charge is -2.36. The van der Waals surface area contributed by atoms with Gasteiger partial charge in [0, 0.05) is 20.7 Å². The van der Waals surface area contributed by atoms with Crippen LogP contribution in [0.2, 0.25) is 0 Å². The second-order valence-corrected chi connectivity index (χ2v) is 18.3. The summed E-state index contributed by atoms with van der Waals surface area (Å²) >= 11 is 0. The molecule has 2 aromatic carbocycles. The molecule has 17 heteroatoms. The minimum Gasteiger partial charge on any atom is -0.453 e. The maximum absolute atomic E-state index is 14.3. The fourth-order valence-corrected chi connectivity index (χ4v) is 10.2. The van der Waals surface area contributed by atoms with Gasteiger partial charge >= 0.3 is 12.2 Å². The summed E-state index contributed by atoms with van der Waals surface area (Å²) in [4.78, 5) is 78.4. The molecule has 17 nitrogen and oxygen atoms in total. The Morgan fingerprint density at radius 1 is 0.797 bits per heavy atom. The summed E-state index contributed by atoms with van der Waals surface area (Å²) in [7, 11) is 2.58. The highest BCUT2D eigenvalue weighted by Gasteiger charge is 2.53. The molecule has 0 bridgehead atoms. The highest BCUT2D eigenvalue weighted by Crippen LogP contribution is 2.47. The van der Waals surface area contributed by atoms with Crippen molar-refractivity contribution >= 4 is 45.9 Å². The molecule has 5 aromatic rings. The van der Waals surface area contributed by atoms with E-state index in [4.69, 9.17) is 33.9 Å². The summed E-state index contributed by atoms with van der Waals surface area (Å²) in [5.74, 6) is 0.0458. The summed E-state index contributed by atoms with van der Waals surface area (Å²) in [5, 5.41) is 6.46. The average molecular weight is 880 g/mol. The normalized spacial score (nSPS) is 22.6. The van der Waals surface area contributed by atoms with Crippen LogP contribution in [0.1, 0.15) is 92.8 Å². The van der Waals surface area contributed by atoms with Crippen molar-refractivity contribution in [1.29, 1.82) is 0 Å². The van der Waals surface area contributed by atoms with Crippen LogP contribution in [-0.4, -0.2) is 117 Å². The molecule has 6 heterocycles. The van der Waals surface area contributed by atoms with Gasteiger partial charge in [0.2, 0.25) is 11.8 Å². The third-order valence-corrected chi connectivity index (χ3v) is 13.5. The molecule has 1 aliphatic carbocycles. The first-order chi connectivity index (χ1) is 30.8. The number of alkyl carbamates (subject to hydrolysis) is 2. The largest absolute Gasteiger partial charge is 0.453 e. The lowest BCUT2D eigenvalue weighted by atomic mass is 9.84. The quantitative estimate of drug-likeness (QED) is 0.110. The van der Waals surface area contributed by atoms with Crippen LogP contribution in [0.3, 0.4) is 0 Å². The lowest BCUT2D eigenvalue weighted by Crippen LogP contribution is -2.53. The zero-order chi connectivity index (χ0) is 44.9. The maximum atomic E-state index is 14.3. The molecule has 3 saturated heterocycles. The van der Waals surface area contributed by atoms with E-state index in [-0.39, 0.29) is 45.1 Å². The second kappa shape index (κ2) is 17.5. The number of pyridine rings is 1. The number of carbonyl (C=O) groups excluding carboxylic acids is 4. The molecule has 342 valence electrons. The van der Waals surface area contributed by atoms with E-state index in [2.05, 4.69) is 32.7 Å². The van der Waals surface area contributed by atoms with Crippen LogP contribution in [-0.2, 0) is 28.5 Å². The first-order valence-electron chi connectivity index (χ1n) is 22.4. The number of nitrogens with zero attached hydrogens (tertiary/aromatic N) is 5. The molecule has 4 unspecified atom stereocenters. The Bertz CT molecular complexity index is 2580. The Labute approximate surface area is 374 Å². The van der Waals surface area contributed by atoms with Crippen LogP contribution < -0.4 is 10.6 Å². The van der Waals surface area contributed by atoms with Gasteiger partial charge in [0.05, 0.1) is 80.2 Å². The smallest absolute Gasteiger partial charge is 0.407 e. The number of likely N-dealkylation sites (tertiary alicyclic amines) is 2. The molecular weight excluding hydrogens is 819 g/mol. The summed E-state index contributed by atoms with van der Waals surface area (Å²) < 4.78 is 21.8. The Kier molecular flexibility index (Phi) is 11.8. The average Bonchev–Trinajstić information content (AvgIpc) is 4.16. The van der Waals surface area contributed by atoms with Gasteiger partial charge in [0.25, 0.3) is 0 Å². The van der Waals surface area contributed by atoms with Gasteiger partial charge in [-0.15, -0.1) is 0 Å². The number of fused-ring (bicyclic) bond motifs is 3. The van der Waals surface area contributed by atoms with Gasteiger partial charge in [-0.2, -0.15) is 0 Å². The molecule has 6 atom stereocenters. The van der Waals surface area contributed by atoms with E-state index in [1.807, 2.05) is 69.0 Å². The predicted molar refractivity (Wildman–Crippen MR) is 241 cm³/mol. The van der Waals surface area contributed by atoms with Gasteiger partial charge in [-0.25, -0.2) is 24.5 Å². The summed E-state index contributed by atoms with van der Waals surface area (Å²) in [5.41, 5.74) is 5.85. The maximum Gasteiger partial charge on any atom is 0.407 e. The Morgan fingerprint density at radius 3 is 2.17 bits per heavy atom. The number of aromatic amines is 2. The third-order valence-electron chi connectivity index (χ3n) is 13.5. The molecule has 4 N–H and O–H groups in total. The number of hydrogen-bond acceptors (Lipinski definition) is 11. The molecule has 4 amide bonds. The van der Waals surface area contributed by atoms with E-state index in [1.165, 1.54) is 14.2 Å². The van der Waals surface area contributed by atoms with Crippen LogP contribution in [0.4, 0.5) is 9.59 Å². The first-order valence-corrected chi connectivity index (χ1v) is 22.4. The van der Waals surface area contributed by atoms with E-state index < -0.39 is 36.1 Å². The number of amides is 4. The van der Waals surface area contributed by atoms with Crippen molar-refractivity contribution in [3.05, 3.63) is 66.4 Å². The number of benzene rings is 2. The van der Waals surface area contributed by atoms with Crippen LogP contribution in [0.15, 0.2) is 54.7 Å². The van der Waals surface area contributed by atoms with Gasteiger partial charge in [0.15, 0.2) is 5.79 Å². The van der Waals surface area contributed by atoms with Crippen molar-refractivity contribution in [3.63, 3.8) is 0 Å². The van der Waals surface area contributed by atoms with Crippen LogP contribution in [0.5, 0.6) is 0 Å². The molecule has 4 aliphatic rings. The number of H-pyrrole nitrogens is 2. The molecule has 3 aliphatic heterocycles. The molecular formula is C47H61N9O8. The van der Waals surface area contributed by atoms with E-state index >= 15 is 0 Å². The SMILES string of the molecule is COC(=O)N[C@H](C(=O)N1CC2(CC1c1nc3ccc(-c4ccc5nc(-c6cnc(C7CC8CCCCC8N7C(=O)[C@@H](NC(=O)OC)C(C)C)[nH]6)ccc5c4)cc3[nH]1)OCCO2)C(C)C.[HH].[HH]. The number of imidazole rings is 2. The molecule has 1 spiro atoms. The minimum atomic E-state index is -0.949. The Balaban J connectivity index is 0.00000324. The number of hydrogen-bond donors (Lipinski definition) is 4.